The summed E-state index contributed by atoms with van der Waals surface area (Å²) >= 11 is 0. The van der Waals surface area contributed by atoms with Gasteiger partial charge in [-0.05, 0) is 27.7 Å². The summed E-state index contributed by atoms with van der Waals surface area (Å²) in [4.78, 5) is 0. The minimum atomic E-state index is 1.23. The highest BCUT2D eigenvalue weighted by atomic mass is 13.8. The van der Waals surface area contributed by atoms with Gasteiger partial charge in [-0.1, -0.05) is 23.3 Å². The zero-order valence-electron chi connectivity index (χ0n) is 5.86. The van der Waals surface area contributed by atoms with Crippen molar-refractivity contribution in [2.45, 2.75) is 20.8 Å². The second kappa shape index (κ2) is 3.48. The largest absolute Gasteiger partial charge is 0.0813 e. The van der Waals surface area contributed by atoms with Crippen LogP contribution in [0.1, 0.15) is 20.8 Å². The topological polar surface area (TPSA) is 0 Å². The first-order chi connectivity index (χ1) is 3.66. The summed E-state index contributed by atoms with van der Waals surface area (Å²) in [6.07, 6.45) is 3.96. The Bertz CT molecular complexity index is 112. The molecule has 0 nitrogen and oxygen atoms in total. The number of hydrogen-bond donors (Lipinski definition) is 0. The first kappa shape index (κ1) is 7.48. The molecular weight excluding hydrogens is 96.1 g/mol. The molecule has 0 aliphatic rings. The van der Waals surface area contributed by atoms with Crippen LogP contribution in [0.15, 0.2) is 23.3 Å². The minimum Gasteiger partial charge on any atom is -0.0813 e. The van der Waals surface area contributed by atoms with Gasteiger partial charge in [-0.25, -0.2) is 0 Å². The maximum Gasteiger partial charge on any atom is -0.0310 e. The van der Waals surface area contributed by atoms with Gasteiger partial charge >= 0.3 is 0 Å². The lowest BCUT2D eigenvalue weighted by molar-refractivity contribution is 1.35. The van der Waals surface area contributed by atoms with Crippen molar-refractivity contribution in [3.05, 3.63) is 30.2 Å². The molecule has 0 N–H and O–H groups in total. The molecular formula is C8H13. The average Bonchev–Trinajstić information content (AvgIpc) is 1.65. The molecule has 0 atom stereocenters. The predicted octanol–water partition coefficient (Wildman–Crippen LogP) is 2.73. The Kier molecular flexibility index (Phi) is 3.25. The van der Waals surface area contributed by atoms with Crippen LogP contribution in [0.2, 0.25) is 0 Å². The lowest BCUT2D eigenvalue weighted by Crippen LogP contribution is -1.67. The van der Waals surface area contributed by atoms with Gasteiger partial charge < -0.3 is 0 Å². The zero-order chi connectivity index (χ0) is 6.57. The van der Waals surface area contributed by atoms with Gasteiger partial charge in [0, 0.05) is 0 Å². The Morgan fingerprint density at radius 3 is 1.88 bits per heavy atom. The third-order valence-electron chi connectivity index (χ3n) is 0.838. The second-order valence-electron chi connectivity index (χ2n) is 2.17. The van der Waals surface area contributed by atoms with Gasteiger partial charge in [-0.2, -0.15) is 0 Å². The molecule has 0 unspecified atom stereocenters. The van der Waals surface area contributed by atoms with Crippen LogP contribution in [0.5, 0.6) is 0 Å². The summed E-state index contributed by atoms with van der Waals surface area (Å²) in [6.45, 7) is 9.83. The maximum atomic E-state index is 3.63. The molecule has 1 radical (unpaired) electrons. The molecule has 0 aromatic rings. The Morgan fingerprint density at radius 2 is 1.75 bits per heavy atom. The fourth-order valence-corrected chi connectivity index (χ4v) is 0.514. The first-order valence-corrected chi connectivity index (χ1v) is 2.77. The van der Waals surface area contributed by atoms with Crippen molar-refractivity contribution in [1.82, 2.24) is 0 Å². The molecule has 0 aliphatic carbocycles. The van der Waals surface area contributed by atoms with E-state index in [1.165, 1.54) is 11.1 Å². The normalized spacial score (nSPS) is 11.2. The molecule has 0 heterocycles. The van der Waals surface area contributed by atoms with E-state index < -0.39 is 0 Å². The number of rotatable bonds is 1. The van der Waals surface area contributed by atoms with E-state index in [1.54, 1.807) is 0 Å². The fraction of sp³-hybridized carbons (Fsp3) is 0.375. The molecule has 0 amide bonds. The summed E-state index contributed by atoms with van der Waals surface area (Å²) in [7, 11) is 0. The fourth-order valence-electron chi connectivity index (χ4n) is 0.514. The van der Waals surface area contributed by atoms with Crippen LogP contribution in [-0.4, -0.2) is 0 Å². The smallest absolute Gasteiger partial charge is 0.0310 e. The molecule has 0 aromatic heterocycles. The van der Waals surface area contributed by atoms with Gasteiger partial charge in [0.2, 0.25) is 0 Å². The highest BCUT2D eigenvalue weighted by molar-refractivity contribution is 5.19. The van der Waals surface area contributed by atoms with Gasteiger partial charge in [0.25, 0.3) is 0 Å². The van der Waals surface area contributed by atoms with E-state index in [4.69, 9.17) is 0 Å². The molecule has 45 valence electrons. The van der Waals surface area contributed by atoms with Gasteiger partial charge in [0.15, 0.2) is 0 Å². The molecule has 0 bridgehead atoms. The quantitative estimate of drug-likeness (QED) is 0.454. The molecule has 0 aliphatic heterocycles. The maximum absolute atomic E-state index is 3.63. The van der Waals surface area contributed by atoms with Crippen molar-refractivity contribution in [2.24, 2.45) is 0 Å². The third-order valence-corrected chi connectivity index (χ3v) is 0.838. The summed E-state index contributed by atoms with van der Waals surface area (Å²) in [5, 5.41) is 0. The van der Waals surface area contributed by atoms with Gasteiger partial charge in [-0.3, -0.25) is 0 Å². The molecule has 0 saturated heterocycles. The predicted molar refractivity (Wildman–Crippen MR) is 38.5 cm³/mol. The van der Waals surface area contributed by atoms with Crippen LogP contribution in [0, 0.1) is 6.92 Å². The van der Waals surface area contributed by atoms with Gasteiger partial charge in [0.05, 0.1) is 0 Å². The highest BCUT2D eigenvalue weighted by Gasteiger charge is 1.77. The minimum absolute atomic E-state index is 1.23. The first-order valence-electron chi connectivity index (χ1n) is 2.77. The summed E-state index contributed by atoms with van der Waals surface area (Å²) in [6, 6.07) is 0. The van der Waals surface area contributed by atoms with Crippen molar-refractivity contribution in [2.75, 3.05) is 0 Å². The Labute approximate surface area is 51.9 Å². The van der Waals surface area contributed by atoms with Gasteiger partial charge in [0.1, 0.15) is 0 Å². The lowest BCUT2D eigenvalue weighted by Gasteiger charge is -1.88. The Hall–Kier alpha value is -0.520. The summed E-state index contributed by atoms with van der Waals surface area (Å²) in [5.41, 5.74) is 2.55. The number of allylic oxidation sites excluding steroid dienone is 4. The van der Waals surface area contributed by atoms with Crippen LogP contribution < -0.4 is 0 Å². The molecule has 0 fully saturated rings. The number of hydrogen-bond acceptors (Lipinski definition) is 0. The SMILES string of the molecule is [CH2]C=C(C)C=C(C)C. The van der Waals surface area contributed by atoms with E-state index in [0.29, 0.717) is 0 Å². The highest BCUT2D eigenvalue weighted by Crippen LogP contribution is 1.98. The van der Waals surface area contributed by atoms with Crippen LogP contribution in [0.25, 0.3) is 0 Å². The molecule has 0 aromatic carbocycles. The standard InChI is InChI=1S/C8H13/c1-5-8(4)6-7(2)3/h5-6H,1H2,2-4H3. The monoisotopic (exact) mass is 109 g/mol. The van der Waals surface area contributed by atoms with Crippen LogP contribution in [-0.2, 0) is 0 Å². The zero-order valence-corrected chi connectivity index (χ0v) is 5.86. The van der Waals surface area contributed by atoms with E-state index in [2.05, 4.69) is 26.8 Å². The molecule has 0 heteroatoms. The van der Waals surface area contributed by atoms with Gasteiger partial charge in [-0.15, -0.1) is 0 Å². The molecule has 0 spiro atoms. The Morgan fingerprint density at radius 1 is 1.25 bits per heavy atom. The van der Waals surface area contributed by atoms with Crippen molar-refractivity contribution < 1.29 is 0 Å². The van der Waals surface area contributed by atoms with E-state index in [9.17, 15) is 0 Å². The molecule has 0 rings (SSSR count). The summed E-state index contributed by atoms with van der Waals surface area (Å²) < 4.78 is 0. The summed E-state index contributed by atoms with van der Waals surface area (Å²) in [5.74, 6) is 0. The van der Waals surface area contributed by atoms with Crippen molar-refractivity contribution in [1.29, 1.82) is 0 Å². The second-order valence-corrected chi connectivity index (χ2v) is 2.17. The van der Waals surface area contributed by atoms with Crippen molar-refractivity contribution in [3.8, 4) is 0 Å². The molecule has 0 saturated carbocycles. The average molecular weight is 109 g/mol. The van der Waals surface area contributed by atoms with E-state index in [-0.39, 0.29) is 0 Å². The molecule has 8 heavy (non-hydrogen) atoms. The van der Waals surface area contributed by atoms with Crippen LogP contribution in [0.4, 0.5) is 0 Å². The van der Waals surface area contributed by atoms with E-state index in [0.717, 1.165) is 0 Å². The van der Waals surface area contributed by atoms with E-state index >= 15 is 0 Å². The Balaban J connectivity index is 3.89. The lowest BCUT2D eigenvalue weighted by atomic mass is 10.2. The van der Waals surface area contributed by atoms with Crippen molar-refractivity contribution in [3.63, 3.8) is 0 Å². The van der Waals surface area contributed by atoms with Crippen molar-refractivity contribution >= 4 is 0 Å². The van der Waals surface area contributed by atoms with Crippen LogP contribution in [0.3, 0.4) is 0 Å². The van der Waals surface area contributed by atoms with Crippen LogP contribution >= 0.6 is 0 Å². The van der Waals surface area contributed by atoms with E-state index in [1.807, 2.05) is 13.0 Å². The third kappa shape index (κ3) is 3.66.